The molecule has 9 heteroatoms. The Hall–Kier alpha value is -2.81. The fourth-order valence-corrected chi connectivity index (χ4v) is 4.41. The van der Waals surface area contributed by atoms with Gasteiger partial charge in [-0.15, -0.1) is 0 Å². The minimum Gasteiger partial charge on any atom is -0.392 e. The van der Waals surface area contributed by atoms with Crippen LogP contribution in [0.1, 0.15) is 33.6 Å². The van der Waals surface area contributed by atoms with Crippen LogP contribution in [-0.4, -0.2) is 58.9 Å². The largest absolute Gasteiger partial charge is 0.392 e. The van der Waals surface area contributed by atoms with Gasteiger partial charge in [0, 0.05) is 31.3 Å². The first kappa shape index (κ1) is 16.4. The van der Waals surface area contributed by atoms with E-state index >= 15 is 0 Å². The average molecular weight is 373 g/mol. The topological polar surface area (TPSA) is 107 Å². The molecular weight excluding hydrogens is 357 g/mol. The normalized spacial score (nSPS) is 31.9. The molecule has 5 rings (SSSR count). The maximum atomic E-state index is 14.6. The molecule has 1 aliphatic carbocycles. The Labute approximate surface area is 152 Å². The third-order valence-corrected chi connectivity index (χ3v) is 6.00. The number of nitrogens with zero attached hydrogens (tertiary/aromatic N) is 2. The van der Waals surface area contributed by atoms with Crippen LogP contribution in [0.5, 0.6) is 0 Å². The van der Waals surface area contributed by atoms with Crippen molar-refractivity contribution in [1.29, 1.82) is 0 Å². The summed E-state index contributed by atoms with van der Waals surface area (Å²) in [5.74, 6) is -2.91. The van der Waals surface area contributed by atoms with E-state index in [1.165, 1.54) is 6.07 Å². The molecule has 140 valence electrons. The molecule has 1 aromatic carbocycles. The molecule has 3 heterocycles. The number of anilines is 1. The van der Waals surface area contributed by atoms with Gasteiger partial charge in [0.2, 0.25) is 11.8 Å². The van der Waals surface area contributed by atoms with E-state index in [9.17, 15) is 28.7 Å². The number of fused-ring (bicyclic) bond motifs is 2. The molecule has 0 radical (unpaired) electrons. The number of rotatable bonds is 2. The van der Waals surface area contributed by atoms with Crippen molar-refractivity contribution in [1.82, 2.24) is 10.2 Å². The molecule has 3 aliphatic heterocycles. The Balaban J connectivity index is 1.46. The highest BCUT2D eigenvalue weighted by Crippen LogP contribution is 2.47. The second-order valence-electron chi connectivity index (χ2n) is 7.52. The quantitative estimate of drug-likeness (QED) is 0.687. The minimum absolute atomic E-state index is 0.0301. The van der Waals surface area contributed by atoms with Crippen LogP contribution in [0.15, 0.2) is 12.1 Å². The molecular formula is C18H16FN3O5. The summed E-state index contributed by atoms with van der Waals surface area (Å²) in [6.07, 6.45) is -0.258. The zero-order chi connectivity index (χ0) is 19.0. The van der Waals surface area contributed by atoms with Gasteiger partial charge in [0.15, 0.2) is 0 Å². The second-order valence-corrected chi connectivity index (χ2v) is 7.52. The van der Waals surface area contributed by atoms with Crippen molar-refractivity contribution in [2.75, 3.05) is 18.0 Å². The molecule has 4 aliphatic rings. The van der Waals surface area contributed by atoms with Gasteiger partial charge in [0.05, 0.1) is 22.9 Å². The van der Waals surface area contributed by atoms with Gasteiger partial charge in [-0.1, -0.05) is 0 Å². The Kier molecular flexibility index (Phi) is 3.24. The monoisotopic (exact) mass is 373 g/mol. The van der Waals surface area contributed by atoms with Gasteiger partial charge >= 0.3 is 0 Å². The lowest BCUT2D eigenvalue weighted by Crippen LogP contribution is -2.54. The van der Waals surface area contributed by atoms with Gasteiger partial charge < -0.3 is 10.0 Å². The molecule has 4 amide bonds. The predicted molar refractivity (Wildman–Crippen MR) is 88.3 cm³/mol. The van der Waals surface area contributed by atoms with Gasteiger partial charge in [-0.2, -0.15) is 0 Å². The van der Waals surface area contributed by atoms with Crippen molar-refractivity contribution in [3.63, 3.8) is 0 Å². The van der Waals surface area contributed by atoms with Crippen LogP contribution in [0.4, 0.5) is 10.1 Å². The van der Waals surface area contributed by atoms with Crippen LogP contribution in [0.3, 0.4) is 0 Å². The number of hydrogen-bond donors (Lipinski definition) is 2. The van der Waals surface area contributed by atoms with Crippen LogP contribution in [0.2, 0.25) is 0 Å². The zero-order valence-corrected chi connectivity index (χ0v) is 14.1. The van der Waals surface area contributed by atoms with Gasteiger partial charge in [0.25, 0.3) is 11.8 Å². The Bertz CT molecular complexity index is 920. The maximum Gasteiger partial charge on any atom is 0.262 e. The number of carbonyl (C=O) groups is 4. The number of aliphatic hydroxyl groups excluding tert-OH is 1. The number of carbonyl (C=O) groups excluding carboxylic acids is 4. The number of aliphatic hydroxyl groups is 1. The van der Waals surface area contributed by atoms with E-state index in [1.54, 1.807) is 4.90 Å². The molecule has 2 N–H and O–H groups in total. The number of nitrogens with one attached hydrogen (secondary N) is 1. The number of benzene rings is 1. The highest BCUT2D eigenvalue weighted by molar-refractivity contribution is 6.23. The standard InChI is InChI=1S/C18H16FN3O5/c19-11-3-7-8(4-13(11)21-5-9-10(6-21)15(9)24)18(27)22(17(7)26)12-1-2-14(23)20-16(12)25/h3-4,9-10,12,15,24H,1-2,5-6H2,(H,20,23,25)/t9-,10?,12?,15+/m0/s1. The Morgan fingerprint density at radius 2 is 1.67 bits per heavy atom. The van der Waals surface area contributed by atoms with Gasteiger partial charge in [-0.05, 0) is 18.6 Å². The predicted octanol–water partition coefficient (Wildman–Crippen LogP) is -0.346. The first-order valence-corrected chi connectivity index (χ1v) is 8.85. The molecule has 1 saturated carbocycles. The lowest BCUT2D eigenvalue weighted by Gasteiger charge is -2.27. The van der Waals surface area contributed by atoms with Crippen LogP contribution in [0, 0.1) is 17.7 Å². The lowest BCUT2D eigenvalue weighted by molar-refractivity contribution is -0.136. The van der Waals surface area contributed by atoms with Crippen LogP contribution in [-0.2, 0) is 9.59 Å². The van der Waals surface area contributed by atoms with Crippen molar-refractivity contribution < 1.29 is 28.7 Å². The molecule has 8 nitrogen and oxygen atoms in total. The van der Waals surface area contributed by atoms with E-state index in [0.29, 0.717) is 13.1 Å². The van der Waals surface area contributed by atoms with Crippen molar-refractivity contribution in [2.24, 2.45) is 11.8 Å². The second kappa shape index (κ2) is 5.35. The van der Waals surface area contributed by atoms with E-state index < -0.39 is 35.5 Å². The Morgan fingerprint density at radius 1 is 1.04 bits per heavy atom. The van der Waals surface area contributed by atoms with Crippen LogP contribution in [0.25, 0.3) is 0 Å². The molecule has 2 saturated heterocycles. The number of halogens is 1. The van der Waals surface area contributed by atoms with E-state index in [2.05, 4.69) is 5.32 Å². The first-order valence-electron chi connectivity index (χ1n) is 8.85. The van der Waals surface area contributed by atoms with Crippen molar-refractivity contribution in [3.8, 4) is 0 Å². The summed E-state index contributed by atoms with van der Waals surface area (Å²) >= 11 is 0. The molecule has 0 aromatic heterocycles. The number of hydrogen-bond acceptors (Lipinski definition) is 6. The summed E-state index contributed by atoms with van der Waals surface area (Å²) in [5.41, 5.74) is 0.206. The molecule has 2 unspecified atom stereocenters. The van der Waals surface area contributed by atoms with E-state index in [-0.39, 0.29) is 47.6 Å². The number of imide groups is 2. The summed E-state index contributed by atoms with van der Waals surface area (Å²) in [6.45, 7) is 1.00. The van der Waals surface area contributed by atoms with Crippen molar-refractivity contribution >= 4 is 29.3 Å². The fraction of sp³-hybridized carbons (Fsp3) is 0.444. The third kappa shape index (κ3) is 2.24. The van der Waals surface area contributed by atoms with Crippen LogP contribution >= 0.6 is 0 Å². The average Bonchev–Trinajstić information content (AvgIpc) is 2.95. The van der Waals surface area contributed by atoms with Crippen molar-refractivity contribution in [2.45, 2.75) is 25.0 Å². The number of amides is 4. The maximum absolute atomic E-state index is 14.6. The number of piperidine rings is 2. The lowest BCUT2D eigenvalue weighted by atomic mass is 10.0. The summed E-state index contributed by atoms with van der Waals surface area (Å²) < 4.78 is 14.6. The van der Waals surface area contributed by atoms with Gasteiger partial charge in [0.1, 0.15) is 11.9 Å². The van der Waals surface area contributed by atoms with E-state index in [0.717, 1.165) is 11.0 Å². The third-order valence-electron chi connectivity index (χ3n) is 6.00. The van der Waals surface area contributed by atoms with Crippen LogP contribution < -0.4 is 10.2 Å². The highest BCUT2D eigenvalue weighted by Gasteiger charge is 2.55. The molecule has 27 heavy (non-hydrogen) atoms. The molecule has 0 spiro atoms. The fourth-order valence-electron chi connectivity index (χ4n) is 4.41. The van der Waals surface area contributed by atoms with Crippen molar-refractivity contribution in [3.05, 3.63) is 29.1 Å². The molecule has 3 fully saturated rings. The smallest absolute Gasteiger partial charge is 0.262 e. The van der Waals surface area contributed by atoms with Gasteiger partial charge in [-0.25, -0.2) is 4.39 Å². The molecule has 4 atom stereocenters. The summed E-state index contributed by atoms with van der Waals surface area (Å²) in [4.78, 5) is 51.4. The zero-order valence-electron chi connectivity index (χ0n) is 14.1. The summed E-state index contributed by atoms with van der Waals surface area (Å²) in [5, 5.41) is 11.8. The summed E-state index contributed by atoms with van der Waals surface area (Å²) in [6, 6.07) is 1.32. The minimum atomic E-state index is -1.07. The molecule has 0 bridgehead atoms. The SMILES string of the molecule is O=C1CCC(N2C(=O)c3cc(F)c(N4CC5[C@H](O)[C@H]5C4)cc3C2=O)C(=O)N1. The van der Waals surface area contributed by atoms with Gasteiger partial charge in [-0.3, -0.25) is 29.4 Å². The van der Waals surface area contributed by atoms with E-state index in [1.807, 2.05) is 0 Å². The molecule has 1 aromatic rings. The van der Waals surface area contributed by atoms with E-state index in [4.69, 9.17) is 0 Å². The highest BCUT2D eigenvalue weighted by atomic mass is 19.1. The summed E-state index contributed by atoms with van der Waals surface area (Å²) in [7, 11) is 0. The first-order chi connectivity index (χ1) is 12.9. The Morgan fingerprint density at radius 3 is 2.30 bits per heavy atom.